The zero-order chi connectivity index (χ0) is 13.5. The SMILES string of the molecule is CS(=O)(=O)c1ncn([C@@H]2O[C@@H](CO)[C@@H](O)[C@H]2O)n1. The summed E-state index contributed by atoms with van der Waals surface area (Å²) in [6.45, 7) is -0.470. The molecule has 1 aromatic heterocycles. The molecule has 3 N–H and O–H groups in total. The molecule has 9 nitrogen and oxygen atoms in total. The molecule has 18 heavy (non-hydrogen) atoms. The Bertz CT molecular complexity index is 529. The maximum Gasteiger partial charge on any atom is 0.266 e. The van der Waals surface area contributed by atoms with Crippen molar-refractivity contribution >= 4 is 9.84 Å². The maximum absolute atomic E-state index is 11.2. The number of rotatable bonds is 3. The van der Waals surface area contributed by atoms with E-state index in [0.29, 0.717) is 0 Å². The van der Waals surface area contributed by atoms with Crippen LogP contribution in [0.1, 0.15) is 6.23 Å². The van der Waals surface area contributed by atoms with Gasteiger partial charge in [-0.1, -0.05) is 0 Å². The van der Waals surface area contributed by atoms with E-state index in [1.165, 1.54) is 0 Å². The highest BCUT2D eigenvalue weighted by atomic mass is 32.2. The van der Waals surface area contributed by atoms with Crippen molar-refractivity contribution in [1.82, 2.24) is 14.8 Å². The van der Waals surface area contributed by atoms with Gasteiger partial charge >= 0.3 is 0 Å². The minimum atomic E-state index is -3.55. The molecule has 1 aliphatic rings. The van der Waals surface area contributed by atoms with Gasteiger partial charge in [0.25, 0.3) is 5.16 Å². The first-order chi connectivity index (χ1) is 8.34. The van der Waals surface area contributed by atoms with Gasteiger partial charge in [-0.15, -0.1) is 5.10 Å². The van der Waals surface area contributed by atoms with Crippen LogP contribution in [0.5, 0.6) is 0 Å². The van der Waals surface area contributed by atoms with Gasteiger partial charge in [-0.05, 0) is 0 Å². The summed E-state index contributed by atoms with van der Waals surface area (Å²) in [5, 5.41) is 31.4. The van der Waals surface area contributed by atoms with E-state index in [9.17, 15) is 18.6 Å². The van der Waals surface area contributed by atoms with E-state index >= 15 is 0 Å². The number of hydrogen-bond acceptors (Lipinski definition) is 8. The lowest BCUT2D eigenvalue weighted by atomic mass is 10.1. The van der Waals surface area contributed by atoms with Crippen molar-refractivity contribution in [2.75, 3.05) is 12.9 Å². The van der Waals surface area contributed by atoms with Crippen LogP contribution in [0, 0.1) is 0 Å². The van der Waals surface area contributed by atoms with Gasteiger partial charge in [-0.2, -0.15) is 0 Å². The van der Waals surface area contributed by atoms with Crippen LogP contribution in [-0.4, -0.2) is 69.7 Å². The van der Waals surface area contributed by atoms with E-state index in [4.69, 9.17) is 9.84 Å². The summed E-state index contributed by atoms with van der Waals surface area (Å²) in [7, 11) is -3.55. The average Bonchev–Trinajstić information content (AvgIpc) is 2.86. The molecule has 0 unspecified atom stereocenters. The van der Waals surface area contributed by atoms with Crippen molar-refractivity contribution in [3.63, 3.8) is 0 Å². The summed E-state index contributed by atoms with van der Waals surface area (Å²) in [6, 6.07) is 0. The highest BCUT2D eigenvalue weighted by molar-refractivity contribution is 7.90. The molecule has 1 fully saturated rings. The van der Waals surface area contributed by atoms with Gasteiger partial charge in [-0.25, -0.2) is 18.1 Å². The van der Waals surface area contributed by atoms with Crippen LogP contribution in [0.4, 0.5) is 0 Å². The van der Waals surface area contributed by atoms with Crippen LogP contribution >= 0.6 is 0 Å². The lowest BCUT2D eigenvalue weighted by Gasteiger charge is -2.13. The normalized spacial score (nSPS) is 32.9. The molecule has 10 heteroatoms. The summed E-state index contributed by atoms with van der Waals surface area (Å²) in [5.41, 5.74) is 0. The predicted molar refractivity (Wildman–Crippen MR) is 56.1 cm³/mol. The van der Waals surface area contributed by atoms with E-state index in [-0.39, 0.29) is 0 Å². The van der Waals surface area contributed by atoms with Crippen molar-refractivity contribution in [2.24, 2.45) is 0 Å². The first-order valence-corrected chi connectivity index (χ1v) is 6.97. The molecule has 1 saturated heterocycles. The Kier molecular flexibility index (Phi) is 3.38. The smallest absolute Gasteiger partial charge is 0.266 e. The van der Waals surface area contributed by atoms with Crippen LogP contribution in [0.25, 0.3) is 0 Å². The second-order valence-corrected chi connectivity index (χ2v) is 5.92. The van der Waals surface area contributed by atoms with Crippen LogP contribution in [0.3, 0.4) is 0 Å². The van der Waals surface area contributed by atoms with Crippen LogP contribution in [-0.2, 0) is 14.6 Å². The van der Waals surface area contributed by atoms with Crippen LogP contribution in [0.15, 0.2) is 11.5 Å². The van der Waals surface area contributed by atoms with E-state index in [2.05, 4.69) is 10.1 Å². The third-order valence-corrected chi connectivity index (χ3v) is 3.45. The number of aliphatic hydroxyl groups is 3. The Labute approximate surface area is 103 Å². The molecule has 2 heterocycles. The second-order valence-electron chi connectivity index (χ2n) is 4.01. The first kappa shape index (κ1) is 13.4. The van der Waals surface area contributed by atoms with Gasteiger partial charge in [0.1, 0.15) is 24.6 Å². The van der Waals surface area contributed by atoms with Gasteiger partial charge in [-0.3, -0.25) is 0 Å². The average molecular weight is 279 g/mol. The lowest BCUT2D eigenvalue weighted by Crippen LogP contribution is -2.33. The quantitative estimate of drug-likeness (QED) is 0.543. The van der Waals surface area contributed by atoms with E-state index in [0.717, 1.165) is 17.3 Å². The number of sulfone groups is 1. The topological polar surface area (TPSA) is 135 Å². The van der Waals surface area contributed by atoms with E-state index in [1.807, 2.05) is 0 Å². The molecule has 0 amide bonds. The highest BCUT2D eigenvalue weighted by Gasteiger charge is 2.44. The maximum atomic E-state index is 11.2. The standard InChI is InChI=1S/C8H13N3O6S/c1-18(15,16)8-9-3-11(10-8)7-6(14)5(13)4(2-12)17-7/h3-7,12-14H,2H2,1H3/t4-,5+,6+,7+/m0/s1. The Hall–Kier alpha value is -1.07. The highest BCUT2D eigenvalue weighted by Crippen LogP contribution is 2.28. The van der Waals surface area contributed by atoms with Gasteiger partial charge in [0, 0.05) is 6.26 Å². The molecule has 0 aliphatic carbocycles. The summed E-state index contributed by atoms with van der Waals surface area (Å²) in [6.07, 6.45) is -2.60. The lowest BCUT2D eigenvalue weighted by molar-refractivity contribution is -0.0592. The molecular weight excluding hydrogens is 266 g/mol. The monoisotopic (exact) mass is 279 g/mol. The Morgan fingerprint density at radius 2 is 2.11 bits per heavy atom. The number of ether oxygens (including phenoxy) is 1. The fourth-order valence-corrected chi connectivity index (χ4v) is 2.13. The van der Waals surface area contributed by atoms with Crippen molar-refractivity contribution in [3.8, 4) is 0 Å². The van der Waals surface area contributed by atoms with Gasteiger partial charge in [0.2, 0.25) is 9.84 Å². The third kappa shape index (κ3) is 2.24. The summed E-state index contributed by atoms with van der Waals surface area (Å²) < 4.78 is 28.6. The number of aromatic nitrogens is 3. The molecule has 1 aliphatic heterocycles. The summed E-state index contributed by atoms with van der Waals surface area (Å²) in [4.78, 5) is 3.57. The van der Waals surface area contributed by atoms with Crippen molar-refractivity contribution in [1.29, 1.82) is 0 Å². The van der Waals surface area contributed by atoms with Gasteiger partial charge in [0.05, 0.1) is 6.61 Å². The van der Waals surface area contributed by atoms with Gasteiger partial charge < -0.3 is 20.1 Å². The summed E-state index contributed by atoms with van der Waals surface area (Å²) >= 11 is 0. The predicted octanol–water partition coefficient (Wildman–Crippen LogP) is -2.71. The molecule has 0 spiro atoms. The number of aliphatic hydroxyl groups excluding tert-OH is 3. The first-order valence-electron chi connectivity index (χ1n) is 5.08. The zero-order valence-electron chi connectivity index (χ0n) is 9.41. The minimum absolute atomic E-state index is 0.403. The molecule has 4 atom stereocenters. The molecule has 102 valence electrons. The largest absolute Gasteiger partial charge is 0.394 e. The van der Waals surface area contributed by atoms with E-state index < -0.39 is 46.1 Å². The third-order valence-electron chi connectivity index (χ3n) is 2.60. The number of nitrogens with zero attached hydrogens (tertiary/aromatic N) is 3. The van der Waals surface area contributed by atoms with Crippen LogP contribution < -0.4 is 0 Å². The zero-order valence-corrected chi connectivity index (χ0v) is 10.2. The van der Waals surface area contributed by atoms with Crippen molar-refractivity contribution in [2.45, 2.75) is 29.7 Å². The van der Waals surface area contributed by atoms with Gasteiger partial charge in [0.15, 0.2) is 6.23 Å². The second kappa shape index (κ2) is 4.55. The molecule has 0 saturated carbocycles. The Balaban J connectivity index is 2.25. The number of hydrogen-bond donors (Lipinski definition) is 3. The fourth-order valence-electron chi connectivity index (χ4n) is 1.65. The fraction of sp³-hybridized carbons (Fsp3) is 0.750. The van der Waals surface area contributed by atoms with Crippen molar-refractivity contribution in [3.05, 3.63) is 6.33 Å². The molecular formula is C8H13N3O6S. The minimum Gasteiger partial charge on any atom is -0.394 e. The molecule has 2 rings (SSSR count). The summed E-state index contributed by atoms with van der Waals surface area (Å²) in [5.74, 6) is 0. The van der Waals surface area contributed by atoms with Crippen molar-refractivity contribution < 1.29 is 28.5 Å². The van der Waals surface area contributed by atoms with Crippen LogP contribution in [0.2, 0.25) is 0 Å². The Morgan fingerprint density at radius 3 is 2.56 bits per heavy atom. The Morgan fingerprint density at radius 1 is 1.44 bits per heavy atom. The molecule has 1 aromatic rings. The molecule has 0 radical (unpaired) electrons. The molecule has 0 bridgehead atoms. The molecule has 0 aromatic carbocycles. The van der Waals surface area contributed by atoms with E-state index in [1.54, 1.807) is 0 Å².